The monoisotopic (exact) mass is 334 g/mol. The number of carbonyl (C=O) groups excluding carboxylic acids is 3. The second-order valence-corrected chi connectivity index (χ2v) is 5.23. The molecule has 3 rings (SSSR count). The Labute approximate surface area is 143 Å². The molecule has 2 aromatic rings. The largest absolute Gasteiger partial charge is 0.331 e. The van der Waals surface area contributed by atoms with Gasteiger partial charge in [0.25, 0.3) is 11.8 Å². The Morgan fingerprint density at radius 1 is 1.08 bits per heavy atom. The number of urea groups is 1. The minimum absolute atomic E-state index is 0.0126. The molecule has 0 spiro atoms. The third kappa shape index (κ3) is 3.35. The van der Waals surface area contributed by atoms with Gasteiger partial charge in [0.2, 0.25) is 0 Å². The number of benzene rings is 1. The van der Waals surface area contributed by atoms with Crippen molar-refractivity contribution in [2.75, 3.05) is 6.54 Å². The van der Waals surface area contributed by atoms with Crippen molar-refractivity contribution >= 4 is 23.9 Å². The van der Waals surface area contributed by atoms with Crippen LogP contribution in [0.15, 0.2) is 61.0 Å². The van der Waals surface area contributed by atoms with Crippen molar-refractivity contribution in [2.24, 2.45) is 0 Å². The molecule has 1 N–H and O–H groups in total. The van der Waals surface area contributed by atoms with Gasteiger partial charge in [0.15, 0.2) is 5.82 Å². The maximum absolute atomic E-state index is 12.3. The maximum Gasteiger partial charge on any atom is 0.331 e. The minimum atomic E-state index is -0.761. The zero-order chi connectivity index (χ0) is 17.8. The second kappa shape index (κ2) is 6.88. The first-order chi connectivity index (χ1) is 12.1. The van der Waals surface area contributed by atoms with Gasteiger partial charge in [0.1, 0.15) is 5.57 Å². The summed E-state index contributed by atoms with van der Waals surface area (Å²) >= 11 is 0. The summed E-state index contributed by atoms with van der Waals surface area (Å²) in [7, 11) is 0. The van der Waals surface area contributed by atoms with Gasteiger partial charge < -0.3 is 0 Å². The molecule has 1 saturated heterocycles. The number of carbonyl (C=O) groups is 3. The number of hydrogen-bond acceptors (Lipinski definition) is 5. The number of amides is 4. The van der Waals surface area contributed by atoms with Crippen LogP contribution in [0.1, 0.15) is 5.56 Å². The van der Waals surface area contributed by atoms with Gasteiger partial charge in [-0.1, -0.05) is 36.4 Å². The van der Waals surface area contributed by atoms with Crippen molar-refractivity contribution in [3.8, 4) is 11.4 Å². The molecular weight excluding hydrogens is 320 g/mol. The van der Waals surface area contributed by atoms with Crippen molar-refractivity contribution in [1.29, 1.82) is 0 Å². The van der Waals surface area contributed by atoms with Gasteiger partial charge >= 0.3 is 6.03 Å². The molecule has 124 valence electrons. The Morgan fingerprint density at radius 3 is 2.40 bits per heavy atom. The first-order valence-corrected chi connectivity index (χ1v) is 7.47. The van der Waals surface area contributed by atoms with Crippen molar-refractivity contribution < 1.29 is 14.4 Å². The Hall–Kier alpha value is -3.61. The van der Waals surface area contributed by atoms with Crippen LogP contribution in [-0.4, -0.2) is 39.3 Å². The molecule has 1 aliphatic rings. The van der Waals surface area contributed by atoms with E-state index in [9.17, 15) is 14.4 Å². The highest BCUT2D eigenvalue weighted by molar-refractivity contribution is 6.31. The van der Waals surface area contributed by atoms with Gasteiger partial charge in [-0.05, 0) is 6.08 Å². The molecule has 1 aliphatic heterocycles. The Balaban J connectivity index is 1.88. The van der Waals surface area contributed by atoms with E-state index in [1.54, 1.807) is 0 Å². The molecule has 1 aromatic carbocycles. The summed E-state index contributed by atoms with van der Waals surface area (Å²) in [6.07, 6.45) is 5.78. The fraction of sp³-hybridized carbons (Fsp3) is 0.0556. The highest BCUT2D eigenvalue weighted by atomic mass is 16.2. The Morgan fingerprint density at radius 2 is 1.76 bits per heavy atom. The molecular formula is C18H14N4O3. The predicted molar refractivity (Wildman–Crippen MR) is 90.9 cm³/mol. The number of rotatable bonds is 4. The minimum Gasteiger partial charge on any atom is -0.273 e. The van der Waals surface area contributed by atoms with E-state index in [1.165, 1.54) is 24.5 Å². The predicted octanol–water partition coefficient (Wildman–Crippen LogP) is 1.79. The van der Waals surface area contributed by atoms with Gasteiger partial charge in [-0.3, -0.25) is 19.8 Å². The summed E-state index contributed by atoms with van der Waals surface area (Å²) in [4.78, 5) is 45.3. The van der Waals surface area contributed by atoms with Gasteiger partial charge in [-0.25, -0.2) is 14.8 Å². The number of hydrogen-bond donors (Lipinski definition) is 1. The van der Waals surface area contributed by atoms with Gasteiger partial charge in [-0.2, -0.15) is 0 Å². The first kappa shape index (κ1) is 16.3. The number of barbiturate groups is 1. The average Bonchev–Trinajstić information content (AvgIpc) is 2.63. The third-order valence-electron chi connectivity index (χ3n) is 3.51. The fourth-order valence-corrected chi connectivity index (χ4v) is 2.30. The summed E-state index contributed by atoms with van der Waals surface area (Å²) in [6, 6.07) is 8.65. The highest BCUT2D eigenvalue weighted by Crippen LogP contribution is 2.16. The van der Waals surface area contributed by atoms with E-state index in [4.69, 9.17) is 0 Å². The number of nitrogens with zero attached hydrogens (tertiary/aromatic N) is 3. The molecule has 7 heteroatoms. The lowest BCUT2D eigenvalue weighted by Crippen LogP contribution is -2.54. The van der Waals surface area contributed by atoms with Crippen LogP contribution in [0.5, 0.6) is 0 Å². The SMILES string of the molecule is C=CCN1C(=O)NC(=O)/C(=C/c2cnc(-c3ccccc3)nc2)C1=O. The van der Waals surface area contributed by atoms with Crippen LogP contribution >= 0.6 is 0 Å². The van der Waals surface area contributed by atoms with Gasteiger partial charge in [0, 0.05) is 30.1 Å². The van der Waals surface area contributed by atoms with Crippen LogP contribution < -0.4 is 5.32 Å². The van der Waals surface area contributed by atoms with E-state index < -0.39 is 17.8 Å². The number of imide groups is 2. The molecule has 4 amide bonds. The van der Waals surface area contributed by atoms with Crippen LogP contribution in [0.25, 0.3) is 17.5 Å². The topological polar surface area (TPSA) is 92.3 Å². The Kier molecular flexibility index (Phi) is 4.47. The summed E-state index contributed by atoms with van der Waals surface area (Å²) in [5.74, 6) is -0.895. The lowest BCUT2D eigenvalue weighted by atomic mass is 10.1. The normalized spacial score (nSPS) is 16.1. The van der Waals surface area contributed by atoms with E-state index in [0.29, 0.717) is 11.4 Å². The summed E-state index contributed by atoms with van der Waals surface area (Å²) < 4.78 is 0. The zero-order valence-corrected chi connectivity index (χ0v) is 13.2. The standard InChI is InChI=1S/C18H14N4O3/c1-2-8-22-17(24)14(16(23)21-18(22)25)9-12-10-19-15(20-11-12)13-6-4-3-5-7-13/h2-7,9-11H,1,8H2,(H,21,23,25)/b14-9-. The van der Waals surface area contributed by atoms with Crippen LogP contribution in [0.3, 0.4) is 0 Å². The molecule has 0 bridgehead atoms. The van der Waals surface area contributed by atoms with E-state index in [-0.39, 0.29) is 12.1 Å². The van der Waals surface area contributed by atoms with Crippen molar-refractivity contribution in [3.63, 3.8) is 0 Å². The molecule has 0 saturated carbocycles. The van der Waals surface area contributed by atoms with E-state index in [0.717, 1.165) is 10.5 Å². The second-order valence-electron chi connectivity index (χ2n) is 5.23. The number of aromatic nitrogens is 2. The molecule has 25 heavy (non-hydrogen) atoms. The zero-order valence-electron chi connectivity index (χ0n) is 13.2. The Bertz CT molecular complexity index is 873. The van der Waals surface area contributed by atoms with Crippen LogP contribution in [0, 0.1) is 0 Å². The fourth-order valence-electron chi connectivity index (χ4n) is 2.30. The van der Waals surface area contributed by atoms with Crippen LogP contribution in [0.4, 0.5) is 4.79 Å². The smallest absolute Gasteiger partial charge is 0.273 e. The van der Waals surface area contributed by atoms with Gasteiger partial charge in [0.05, 0.1) is 0 Å². The van der Waals surface area contributed by atoms with E-state index >= 15 is 0 Å². The lowest BCUT2D eigenvalue weighted by Gasteiger charge is -2.25. The number of nitrogens with one attached hydrogen (secondary N) is 1. The van der Waals surface area contributed by atoms with E-state index in [2.05, 4.69) is 21.9 Å². The molecule has 7 nitrogen and oxygen atoms in total. The molecule has 1 fully saturated rings. The average molecular weight is 334 g/mol. The van der Waals surface area contributed by atoms with E-state index in [1.807, 2.05) is 30.3 Å². The highest BCUT2D eigenvalue weighted by Gasteiger charge is 2.34. The van der Waals surface area contributed by atoms with Crippen molar-refractivity contribution in [3.05, 3.63) is 66.5 Å². The van der Waals surface area contributed by atoms with Crippen LogP contribution in [0.2, 0.25) is 0 Å². The molecule has 0 atom stereocenters. The molecule has 0 unspecified atom stereocenters. The van der Waals surface area contributed by atoms with Crippen molar-refractivity contribution in [2.45, 2.75) is 0 Å². The molecule has 2 heterocycles. The quantitative estimate of drug-likeness (QED) is 0.523. The third-order valence-corrected chi connectivity index (χ3v) is 3.51. The first-order valence-electron chi connectivity index (χ1n) is 7.47. The maximum atomic E-state index is 12.3. The van der Waals surface area contributed by atoms with Crippen LogP contribution in [-0.2, 0) is 9.59 Å². The summed E-state index contributed by atoms with van der Waals surface area (Å²) in [6.45, 7) is 3.50. The lowest BCUT2D eigenvalue weighted by molar-refractivity contribution is -0.129. The molecule has 1 aromatic heterocycles. The molecule has 0 aliphatic carbocycles. The van der Waals surface area contributed by atoms with Crippen molar-refractivity contribution in [1.82, 2.24) is 20.2 Å². The molecule has 0 radical (unpaired) electrons. The summed E-state index contributed by atoms with van der Waals surface area (Å²) in [5, 5.41) is 2.12. The van der Waals surface area contributed by atoms with Gasteiger partial charge in [-0.15, -0.1) is 6.58 Å². The summed E-state index contributed by atoms with van der Waals surface area (Å²) in [5.41, 5.74) is 1.18.